The molecule has 1 aliphatic carbocycles. The molecule has 0 atom stereocenters. The average molecular weight is 361 g/mol. The molecule has 0 radical (unpaired) electrons. The second-order valence-corrected chi connectivity index (χ2v) is 8.04. The minimum Gasteiger partial charge on any atom is -0.376 e. The SMILES string of the molecule is N#Cc1ccccc1COCC1CC(c2ccc(CN3CCCC3)cc2)C1. The maximum absolute atomic E-state index is 9.14. The Hall–Kier alpha value is -2.15. The maximum atomic E-state index is 9.14. The third-order valence-electron chi connectivity index (χ3n) is 6.04. The number of ether oxygens (including phenoxy) is 1. The Labute approximate surface area is 162 Å². The summed E-state index contributed by atoms with van der Waals surface area (Å²) in [4.78, 5) is 2.55. The zero-order chi connectivity index (χ0) is 18.5. The summed E-state index contributed by atoms with van der Waals surface area (Å²) < 4.78 is 5.89. The van der Waals surface area contributed by atoms with Gasteiger partial charge in [0, 0.05) is 13.2 Å². The van der Waals surface area contributed by atoms with Crippen molar-refractivity contribution < 1.29 is 4.74 Å². The third-order valence-corrected chi connectivity index (χ3v) is 6.04. The number of benzene rings is 2. The van der Waals surface area contributed by atoms with Crippen molar-refractivity contribution >= 4 is 0 Å². The quantitative estimate of drug-likeness (QED) is 0.707. The second-order valence-electron chi connectivity index (χ2n) is 8.04. The van der Waals surface area contributed by atoms with Crippen LogP contribution in [0.1, 0.15) is 53.9 Å². The molecule has 0 aromatic heterocycles. The van der Waals surface area contributed by atoms with Crippen molar-refractivity contribution in [2.24, 2.45) is 5.92 Å². The van der Waals surface area contributed by atoms with Crippen LogP contribution in [0.4, 0.5) is 0 Å². The summed E-state index contributed by atoms with van der Waals surface area (Å²) in [5.74, 6) is 1.33. The van der Waals surface area contributed by atoms with Gasteiger partial charge in [-0.25, -0.2) is 0 Å². The Morgan fingerprint density at radius 3 is 2.48 bits per heavy atom. The van der Waals surface area contributed by atoms with Crippen LogP contribution in [0, 0.1) is 17.2 Å². The fourth-order valence-corrected chi connectivity index (χ4v) is 4.33. The Bertz CT molecular complexity index is 781. The van der Waals surface area contributed by atoms with E-state index in [2.05, 4.69) is 35.2 Å². The zero-order valence-corrected chi connectivity index (χ0v) is 15.9. The van der Waals surface area contributed by atoms with E-state index in [9.17, 15) is 0 Å². The van der Waals surface area contributed by atoms with Crippen molar-refractivity contribution in [2.45, 2.75) is 44.8 Å². The molecule has 0 amide bonds. The molecule has 2 aromatic carbocycles. The van der Waals surface area contributed by atoms with E-state index in [1.54, 1.807) is 0 Å². The van der Waals surface area contributed by atoms with Crippen LogP contribution in [0.5, 0.6) is 0 Å². The van der Waals surface area contributed by atoms with Crippen LogP contribution in [-0.4, -0.2) is 24.6 Å². The van der Waals surface area contributed by atoms with Gasteiger partial charge in [0.2, 0.25) is 0 Å². The Morgan fingerprint density at radius 2 is 1.74 bits per heavy atom. The predicted octanol–water partition coefficient (Wildman–Crippen LogP) is 4.86. The summed E-state index contributed by atoms with van der Waals surface area (Å²) in [5, 5.41) is 9.14. The lowest BCUT2D eigenvalue weighted by Crippen LogP contribution is -2.26. The molecule has 0 N–H and O–H groups in total. The summed E-state index contributed by atoms with van der Waals surface area (Å²) >= 11 is 0. The van der Waals surface area contributed by atoms with E-state index >= 15 is 0 Å². The highest BCUT2D eigenvalue weighted by Gasteiger charge is 2.30. The van der Waals surface area contributed by atoms with Crippen LogP contribution in [0.15, 0.2) is 48.5 Å². The normalized spacial score (nSPS) is 22.3. The first kappa shape index (κ1) is 18.2. The standard InChI is InChI=1S/C24H28N2O/c25-15-22-5-1-2-6-23(22)18-27-17-20-13-24(14-20)21-9-7-19(8-10-21)16-26-11-3-4-12-26/h1-2,5-10,20,24H,3-4,11-14,16-18H2. The largest absolute Gasteiger partial charge is 0.376 e. The molecule has 0 bridgehead atoms. The minimum atomic E-state index is 0.538. The van der Waals surface area contributed by atoms with Gasteiger partial charge in [-0.1, -0.05) is 42.5 Å². The Morgan fingerprint density at radius 1 is 1.00 bits per heavy atom. The highest BCUT2D eigenvalue weighted by atomic mass is 16.5. The second kappa shape index (κ2) is 8.69. The summed E-state index contributed by atoms with van der Waals surface area (Å²) in [7, 11) is 0. The van der Waals surface area contributed by atoms with E-state index < -0.39 is 0 Å². The molecule has 140 valence electrons. The molecule has 27 heavy (non-hydrogen) atoms. The van der Waals surface area contributed by atoms with E-state index in [4.69, 9.17) is 10.00 Å². The first-order valence-electron chi connectivity index (χ1n) is 10.2. The summed E-state index contributed by atoms with van der Waals surface area (Å²) in [5.41, 5.74) is 4.63. The molecule has 1 aliphatic heterocycles. The molecule has 3 heteroatoms. The predicted molar refractivity (Wildman–Crippen MR) is 107 cm³/mol. The van der Waals surface area contributed by atoms with Gasteiger partial charge >= 0.3 is 0 Å². The number of nitrogens with zero attached hydrogens (tertiary/aromatic N) is 2. The summed E-state index contributed by atoms with van der Waals surface area (Å²) in [6.07, 6.45) is 5.13. The topological polar surface area (TPSA) is 36.3 Å². The van der Waals surface area contributed by atoms with Crippen molar-refractivity contribution in [2.75, 3.05) is 19.7 Å². The molecule has 2 aliphatic rings. The average Bonchev–Trinajstić information content (AvgIpc) is 3.18. The number of likely N-dealkylation sites (tertiary alicyclic amines) is 1. The number of nitriles is 1. The van der Waals surface area contributed by atoms with E-state index in [1.165, 1.54) is 49.9 Å². The van der Waals surface area contributed by atoms with Gasteiger partial charge in [-0.05, 0) is 73.4 Å². The highest BCUT2D eigenvalue weighted by Crippen LogP contribution is 2.41. The molecule has 3 nitrogen and oxygen atoms in total. The molecule has 1 saturated carbocycles. The van der Waals surface area contributed by atoms with Crippen LogP contribution in [0.25, 0.3) is 0 Å². The van der Waals surface area contributed by atoms with Crippen LogP contribution in [-0.2, 0) is 17.9 Å². The Balaban J connectivity index is 1.20. The molecular formula is C24H28N2O. The van der Waals surface area contributed by atoms with Gasteiger partial charge in [-0.2, -0.15) is 5.26 Å². The molecular weight excluding hydrogens is 332 g/mol. The molecule has 1 heterocycles. The fourth-order valence-electron chi connectivity index (χ4n) is 4.33. The lowest BCUT2D eigenvalue weighted by molar-refractivity contribution is 0.0507. The first-order chi connectivity index (χ1) is 13.3. The molecule has 4 rings (SSSR count). The zero-order valence-electron chi connectivity index (χ0n) is 15.9. The maximum Gasteiger partial charge on any atom is 0.0995 e. The van der Waals surface area contributed by atoms with E-state index in [-0.39, 0.29) is 0 Å². The van der Waals surface area contributed by atoms with E-state index in [0.717, 1.165) is 24.3 Å². The van der Waals surface area contributed by atoms with Crippen molar-refractivity contribution in [1.29, 1.82) is 5.26 Å². The van der Waals surface area contributed by atoms with Crippen molar-refractivity contribution in [1.82, 2.24) is 4.90 Å². The fraction of sp³-hybridized carbons (Fsp3) is 0.458. The van der Waals surface area contributed by atoms with Crippen molar-refractivity contribution in [3.63, 3.8) is 0 Å². The summed E-state index contributed by atoms with van der Waals surface area (Å²) in [6.45, 7) is 4.95. The van der Waals surface area contributed by atoms with Gasteiger partial charge in [-0.3, -0.25) is 4.90 Å². The highest BCUT2D eigenvalue weighted by molar-refractivity contribution is 5.36. The van der Waals surface area contributed by atoms with Gasteiger partial charge < -0.3 is 4.74 Å². The number of hydrogen-bond acceptors (Lipinski definition) is 3. The van der Waals surface area contributed by atoms with Crippen molar-refractivity contribution in [3.8, 4) is 6.07 Å². The first-order valence-corrected chi connectivity index (χ1v) is 10.2. The van der Waals surface area contributed by atoms with Gasteiger partial charge in [-0.15, -0.1) is 0 Å². The number of rotatable bonds is 7. The molecule has 1 saturated heterocycles. The van der Waals surface area contributed by atoms with Gasteiger partial charge in [0.25, 0.3) is 0 Å². The molecule has 0 unspecified atom stereocenters. The molecule has 0 spiro atoms. The number of hydrogen-bond donors (Lipinski definition) is 0. The van der Waals surface area contributed by atoms with E-state index in [1.807, 2.05) is 24.3 Å². The minimum absolute atomic E-state index is 0.538. The van der Waals surface area contributed by atoms with Crippen LogP contribution in [0.2, 0.25) is 0 Å². The van der Waals surface area contributed by atoms with Crippen molar-refractivity contribution in [3.05, 3.63) is 70.8 Å². The third kappa shape index (κ3) is 4.58. The summed E-state index contributed by atoms with van der Waals surface area (Å²) in [6, 6.07) is 19.2. The van der Waals surface area contributed by atoms with Gasteiger partial charge in [0.15, 0.2) is 0 Å². The van der Waals surface area contributed by atoms with Gasteiger partial charge in [0.1, 0.15) is 0 Å². The lowest BCUT2D eigenvalue weighted by atomic mass is 9.72. The lowest BCUT2D eigenvalue weighted by Gasteiger charge is -2.35. The smallest absolute Gasteiger partial charge is 0.0995 e. The monoisotopic (exact) mass is 360 g/mol. The van der Waals surface area contributed by atoms with E-state index in [0.29, 0.717) is 18.4 Å². The van der Waals surface area contributed by atoms with Crippen LogP contribution in [0.3, 0.4) is 0 Å². The molecule has 2 fully saturated rings. The molecule has 2 aromatic rings. The van der Waals surface area contributed by atoms with Gasteiger partial charge in [0.05, 0.1) is 18.2 Å². The Kier molecular flexibility index (Phi) is 5.87. The van der Waals surface area contributed by atoms with Crippen LogP contribution < -0.4 is 0 Å². The van der Waals surface area contributed by atoms with Crippen LogP contribution >= 0.6 is 0 Å².